The average molecular weight is 179 g/mol. The maximum absolute atomic E-state index is 2.32. The second-order valence-electron chi connectivity index (χ2n) is 5.17. The Bertz CT molecular complexity index is 287. The Morgan fingerprint density at radius 1 is 1.23 bits per heavy atom. The van der Waals surface area contributed by atoms with E-state index in [1.54, 1.807) is 0 Å². The number of rotatable bonds is 1. The van der Waals surface area contributed by atoms with Gasteiger partial charge in [0.1, 0.15) is 0 Å². The van der Waals surface area contributed by atoms with E-state index in [9.17, 15) is 0 Å². The van der Waals surface area contributed by atoms with Crippen molar-refractivity contribution in [2.45, 2.75) is 46.0 Å². The van der Waals surface area contributed by atoms with Crippen LogP contribution < -0.4 is 0 Å². The Kier molecular flexibility index (Phi) is 2.56. The third kappa shape index (κ3) is 2.15. The molecule has 0 bridgehead atoms. The summed E-state index contributed by atoms with van der Waals surface area (Å²) in [4.78, 5) is 0. The Labute approximate surface area is 81.8 Å². The molecule has 13 heavy (non-hydrogen) atoms. The molecule has 0 N–H and O–H groups in total. The third-order valence-electron chi connectivity index (χ3n) is 2.50. The van der Waals surface area contributed by atoms with Crippen molar-refractivity contribution < 1.29 is 0 Å². The van der Waals surface area contributed by atoms with Crippen LogP contribution in [-0.2, 0) is 12.5 Å². The van der Waals surface area contributed by atoms with Gasteiger partial charge < -0.3 is 4.57 Å². The summed E-state index contributed by atoms with van der Waals surface area (Å²) in [5, 5.41) is 0. The lowest BCUT2D eigenvalue weighted by molar-refractivity contribution is 0.589. The molecule has 0 radical (unpaired) electrons. The van der Waals surface area contributed by atoms with Gasteiger partial charge in [0.2, 0.25) is 0 Å². The fourth-order valence-corrected chi connectivity index (χ4v) is 1.57. The van der Waals surface area contributed by atoms with Crippen molar-refractivity contribution in [3.63, 3.8) is 0 Å². The first-order valence-corrected chi connectivity index (χ1v) is 4.99. The van der Waals surface area contributed by atoms with Gasteiger partial charge in [-0.15, -0.1) is 0 Å². The highest BCUT2D eigenvalue weighted by Gasteiger charge is 2.17. The summed E-state index contributed by atoms with van der Waals surface area (Å²) in [6.07, 6.45) is 2.25. The van der Waals surface area contributed by atoms with Crippen LogP contribution in [0.3, 0.4) is 0 Å². The Balaban J connectivity index is 3.10. The van der Waals surface area contributed by atoms with Crippen LogP contribution in [0.15, 0.2) is 12.3 Å². The monoisotopic (exact) mass is 179 g/mol. The van der Waals surface area contributed by atoms with Crippen LogP contribution in [0.25, 0.3) is 0 Å². The number of hydrogen-bond acceptors (Lipinski definition) is 0. The summed E-state index contributed by atoms with van der Waals surface area (Å²) in [7, 11) is 2.13. The number of nitrogens with zero attached hydrogens (tertiary/aromatic N) is 1. The molecule has 1 nitrogen and oxygen atoms in total. The first-order chi connectivity index (χ1) is 5.82. The van der Waals surface area contributed by atoms with Gasteiger partial charge in [0.15, 0.2) is 0 Å². The molecule has 1 rings (SSSR count). The molecule has 0 saturated heterocycles. The van der Waals surface area contributed by atoms with E-state index in [-0.39, 0.29) is 5.41 Å². The first-order valence-electron chi connectivity index (χ1n) is 4.99. The molecule has 0 aliphatic rings. The molecule has 1 heterocycles. The molecule has 0 amide bonds. The molecule has 1 aromatic rings. The molecule has 0 aliphatic carbocycles. The Hall–Kier alpha value is -0.720. The summed E-state index contributed by atoms with van der Waals surface area (Å²) in [5.41, 5.74) is 3.12. The minimum absolute atomic E-state index is 0.269. The topological polar surface area (TPSA) is 4.93 Å². The number of aromatic nitrogens is 1. The van der Waals surface area contributed by atoms with Gasteiger partial charge in [-0.2, -0.15) is 0 Å². The summed E-state index contributed by atoms with van der Waals surface area (Å²) in [6, 6.07) is 2.32. The minimum atomic E-state index is 0.269. The van der Waals surface area contributed by atoms with Gasteiger partial charge in [0.05, 0.1) is 0 Å². The summed E-state index contributed by atoms with van der Waals surface area (Å²) < 4.78 is 2.24. The molecule has 0 unspecified atom stereocenters. The van der Waals surface area contributed by atoms with Gasteiger partial charge in [-0.3, -0.25) is 0 Å². The highest BCUT2D eigenvalue weighted by atomic mass is 14.9. The third-order valence-corrected chi connectivity index (χ3v) is 2.50. The molecule has 0 aromatic carbocycles. The predicted octanol–water partition coefficient (Wildman–Crippen LogP) is 3.45. The van der Waals surface area contributed by atoms with Crippen molar-refractivity contribution in [3.05, 3.63) is 23.5 Å². The van der Waals surface area contributed by atoms with E-state index in [0.29, 0.717) is 5.92 Å². The zero-order chi connectivity index (χ0) is 10.2. The number of hydrogen-bond donors (Lipinski definition) is 0. The molecule has 0 fully saturated rings. The zero-order valence-corrected chi connectivity index (χ0v) is 9.68. The van der Waals surface area contributed by atoms with Crippen LogP contribution in [0, 0.1) is 0 Å². The first kappa shape index (κ1) is 10.4. The predicted molar refractivity (Wildman–Crippen MR) is 58.2 cm³/mol. The van der Waals surface area contributed by atoms with E-state index in [1.807, 2.05) is 0 Å². The van der Waals surface area contributed by atoms with Crippen LogP contribution in [0.2, 0.25) is 0 Å². The lowest BCUT2D eigenvalue weighted by Crippen LogP contribution is -2.09. The van der Waals surface area contributed by atoms with Gasteiger partial charge in [0.25, 0.3) is 0 Å². The van der Waals surface area contributed by atoms with Gasteiger partial charge in [-0.1, -0.05) is 34.6 Å². The molecule has 1 heteroatoms. The van der Waals surface area contributed by atoms with Crippen LogP contribution in [0.5, 0.6) is 0 Å². The highest BCUT2D eigenvalue weighted by Crippen LogP contribution is 2.26. The highest BCUT2D eigenvalue weighted by molar-refractivity contribution is 5.26. The largest absolute Gasteiger partial charge is 0.354 e. The van der Waals surface area contributed by atoms with Crippen molar-refractivity contribution in [2.75, 3.05) is 0 Å². The van der Waals surface area contributed by atoms with Gasteiger partial charge in [-0.05, 0) is 23.0 Å². The van der Waals surface area contributed by atoms with Crippen LogP contribution in [-0.4, -0.2) is 4.57 Å². The summed E-state index contributed by atoms with van der Waals surface area (Å²) >= 11 is 0. The lowest BCUT2D eigenvalue weighted by Gasteiger charge is -2.15. The SMILES string of the molecule is CC(C)c1cc(C(C)(C)C)cn1C. The number of aryl methyl sites for hydroxylation is 1. The summed E-state index contributed by atoms with van der Waals surface area (Å²) in [6.45, 7) is 11.2. The molecular weight excluding hydrogens is 158 g/mol. The Morgan fingerprint density at radius 3 is 2.00 bits per heavy atom. The van der Waals surface area contributed by atoms with Crippen molar-refractivity contribution in [2.24, 2.45) is 7.05 Å². The minimum Gasteiger partial charge on any atom is -0.354 e. The van der Waals surface area contributed by atoms with Crippen LogP contribution in [0.1, 0.15) is 51.8 Å². The maximum atomic E-state index is 2.32. The summed E-state index contributed by atoms with van der Waals surface area (Å²) in [5.74, 6) is 0.612. The second-order valence-corrected chi connectivity index (χ2v) is 5.17. The molecular formula is C12H21N. The maximum Gasteiger partial charge on any atom is 0.0200 e. The van der Waals surface area contributed by atoms with Gasteiger partial charge in [-0.25, -0.2) is 0 Å². The van der Waals surface area contributed by atoms with E-state index in [4.69, 9.17) is 0 Å². The zero-order valence-electron chi connectivity index (χ0n) is 9.68. The smallest absolute Gasteiger partial charge is 0.0200 e. The van der Waals surface area contributed by atoms with Crippen LogP contribution in [0.4, 0.5) is 0 Å². The van der Waals surface area contributed by atoms with Crippen molar-refractivity contribution in [3.8, 4) is 0 Å². The van der Waals surface area contributed by atoms with Crippen molar-refractivity contribution >= 4 is 0 Å². The standard InChI is InChI=1S/C12H21N/c1-9(2)11-7-10(8-13(11)6)12(3,4)5/h7-9H,1-6H3. The molecule has 0 spiro atoms. The van der Waals surface area contributed by atoms with E-state index < -0.39 is 0 Å². The van der Waals surface area contributed by atoms with Gasteiger partial charge in [0, 0.05) is 18.9 Å². The Morgan fingerprint density at radius 2 is 1.77 bits per heavy atom. The molecule has 1 aromatic heterocycles. The molecule has 0 atom stereocenters. The fraction of sp³-hybridized carbons (Fsp3) is 0.667. The lowest BCUT2D eigenvalue weighted by atomic mass is 9.89. The quantitative estimate of drug-likeness (QED) is 0.622. The second kappa shape index (κ2) is 3.21. The van der Waals surface area contributed by atoms with E-state index in [2.05, 4.69) is 58.5 Å². The van der Waals surface area contributed by atoms with E-state index in [1.165, 1.54) is 11.3 Å². The average Bonchev–Trinajstić information content (AvgIpc) is 2.29. The molecule has 74 valence electrons. The fourth-order valence-electron chi connectivity index (χ4n) is 1.57. The van der Waals surface area contributed by atoms with Crippen LogP contribution >= 0.6 is 0 Å². The van der Waals surface area contributed by atoms with E-state index in [0.717, 1.165) is 0 Å². The van der Waals surface area contributed by atoms with E-state index >= 15 is 0 Å². The normalized spacial score (nSPS) is 12.5. The van der Waals surface area contributed by atoms with Crippen molar-refractivity contribution in [1.29, 1.82) is 0 Å². The van der Waals surface area contributed by atoms with Crippen molar-refractivity contribution in [1.82, 2.24) is 4.57 Å². The van der Waals surface area contributed by atoms with Gasteiger partial charge >= 0.3 is 0 Å². The molecule has 0 saturated carbocycles. The molecule has 0 aliphatic heterocycles.